The van der Waals surface area contributed by atoms with E-state index in [2.05, 4.69) is 35.5 Å². The van der Waals surface area contributed by atoms with Crippen molar-refractivity contribution in [3.05, 3.63) is 61.8 Å². The largest absolute Gasteiger partial charge is 0.352 e. The summed E-state index contributed by atoms with van der Waals surface area (Å²) in [4.78, 5) is 26.3. The van der Waals surface area contributed by atoms with Gasteiger partial charge in [-0.25, -0.2) is 0 Å². The highest BCUT2D eigenvalue weighted by molar-refractivity contribution is 7.10. The number of nitrogens with zero attached hydrogens (tertiary/aromatic N) is 2. The van der Waals surface area contributed by atoms with Crippen LogP contribution in [-0.4, -0.2) is 34.9 Å². The number of fused-ring (bicyclic) bond motifs is 1. The van der Waals surface area contributed by atoms with Gasteiger partial charge in [0, 0.05) is 47.7 Å². The first-order valence-corrected chi connectivity index (χ1v) is 9.70. The molecule has 1 aromatic heterocycles. The number of benzene rings is 1. The molecule has 7 heteroatoms. The molecule has 0 saturated heterocycles. The number of non-ortho nitro benzene ring substituents is 1. The molecule has 1 N–H and O–H groups in total. The molecule has 0 spiro atoms. The van der Waals surface area contributed by atoms with Crippen molar-refractivity contribution in [3.63, 3.8) is 0 Å². The minimum absolute atomic E-state index is 0.0115. The van der Waals surface area contributed by atoms with Crippen molar-refractivity contribution in [1.29, 1.82) is 0 Å². The van der Waals surface area contributed by atoms with Crippen molar-refractivity contribution in [3.8, 4) is 0 Å². The van der Waals surface area contributed by atoms with E-state index in [1.54, 1.807) is 0 Å². The summed E-state index contributed by atoms with van der Waals surface area (Å²) in [5, 5.41) is 15.7. The van der Waals surface area contributed by atoms with Gasteiger partial charge in [0.15, 0.2) is 0 Å². The number of nitrogens with one attached hydrogen (secondary N) is 1. The molecule has 0 fully saturated rings. The van der Waals surface area contributed by atoms with Crippen LogP contribution in [0.5, 0.6) is 0 Å². The summed E-state index contributed by atoms with van der Waals surface area (Å²) < 4.78 is 0. The van der Waals surface area contributed by atoms with Gasteiger partial charge in [-0.2, -0.15) is 0 Å². The third-order valence-electron chi connectivity index (χ3n) is 4.96. The SMILES string of the molecule is C[C@@H]1Cc2ccsc2[C@H](C)N1CCCNC(=O)c1ccc([N+](=O)[O-])cc1. The minimum atomic E-state index is -0.471. The number of nitro groups is 1. The third-order valence-corrected chi connectivity index (χ3v) is 6.09. The molecule has 3 rings (SSSR count). The molecule has 0 bridgehead atoms. The first kappa shape index (κ1) is 18.5. The van der Waals surface area contributed by atoms with Crippen LogP contribution in [0.25, 0.3) is 0 Å². The number of amides is 1. The molecule has 0 unspecified atom stereocenters. The fourth-order valence-corrected chi connectivity index (χ4v) is 4.58. The predicted octanol–water partition coefficient (Wildman–Crippen LogP) is 3.78. The summed E-state index contributed by atoms with van der Waals surface area (Å²) in [6.45, 7) is 6.02. The van der Waals surface area contributed by atoms with E-state index in [0.717, 1.165) is 19.4 Å². The highest BCUT2D eigenvalue weighted by Crippen LogP contribution is 2.36. The predicted molar refractivity (Wildman–Crippen MR) is 103 cm³/mol. The first-order valence-electron chi connectivity index (χ1n) is 8.82. The number of carbonyl (C=O) groups excluding carboxylic acids is 1. The average molecular weight is 373 g/mol. The monoisotopic (exact) mass is 373 g/mol. The number of rotatable bonds is 6. The van der Waals surface area contributed by atoms with E-state index in [-0.39, 0.29) is 11.6 Å². The van der Waals surface area contributed by atoms with Crippen molar-refractivity contribution < 1.29 is 9.72 Å². The summed E-state index contributed by atoms with van der Waals surface area (Å²) in [5.74, 6) is -0.194. The molecule has 0 radical (unpaired) electrons. The van der Waals surface area contributed by atoms with Gasteiger partial charge in [-0.05, 0) is 55.8 Å². The molecule has 1 aliphatic rings. The van der Waals surface area contributed by atoms with Crippen LogP contribution in [0, 0.1) is 10.1 Å². The van der Waals surface area contributed by atoms with E-state index in [1.807, 2.05) is 11.3 Å². The number of thiophene rings is 1. The van der Waals surface area contributed by atoms with Crippen molar-refractivity contribution >= 4 is 22.9 Å². The zero-order valence-corrected chi connectivity index (χ0v) is 15.8. The molecule has 2 heterocycles. The van der Waals surface area contributed by atoms with Crippen molar-refractivity contribution in [1.82, 2.24) is 10.2 Å². The van der Waals surface area contributed by atoms with Crippen LogP contribution in [0.1, 0.15) is 47.1 Å². The fourth-order valence-electron chi connectivity index (χ4n) is 3.56. The molecule has 2 atom stereocenters. The lowest BCUT2D eigenvalue weighted by Crippen LogP contribution is -2.41. The Bertz CT molecular complexity index is 788. The lowest BCUT2D eigenvalue weighted by molar-refractivity contribution is -0.384. The van der Waals surface area contributed by atoms with Crippen molar-refractivity contribution in [2.24, 2.45) is 0 Å². The summed E-state index contributed by atoms with van der Waals surface area (Å²) in [6.07, 6.45) is 1.95. The van der Waals surface area contributed by atoms with Gasteiger partial charge in [0.2, 0.25) is 0 Å². The van der Waals surface area contributed by atoms with Gasteiger partial charge in [-0.15, -0.1) is 11.3 Å². The van der Waals surface area contributed by atoms with E-state index in [1.165, 1.54) is 34.7 Å². The zero-order chi connectivity index (χ0) is 18.7. The highest BCUT2D eigenvalue weighted by atomic mass is 32.1. The molecular formula is C19H23N3O3S. The average Bonchev–Trinajstić information content (AvgIpc) is 3.09. The standard InChI is InChI=1S/C19H23N3O3S/c1-13-12-16-8-11-26-18(16)14(2)21(13)10-3-9-20-19(23)15-4-6-17(7-5-15)22(24)25/h4-8,11,13-14H,3,9-10,12H2,1-2H3,(H,20,23)/t13-,14+/m1/s1. The maximum absolute atomic E-state index is 12.1. The Morgan fingerprint density at radius 2 is 2.04 bits per heavy atom. The van der Waals surface area contributed by atoms with Crippen molar-refractivity contribution in [2.75, 3.05) is 13.1 Å². The Morgan fingerprint density at radius 1 is 1.31 bits per heavy atom. The molecule has 2 aromatic rings. The molecule has 0 aliphatic carbocycles. The maximum atomic E-state index is 12.1. The van der Waals surface area contributed by atoms with Gasteiger partial charge < -0.3 is 5.32 Å². The lowest BCUT2D eigenvalue weighted by Gasteiger charge is -2.38. The van der Waals surface area contributed by atoms with E-state index in [4.69, 9.17) is 0 Å². The number of hydrogen-bond donors (Lipinski definition) is 1. The molecule has 1 amide bonds. The smallest absolute Gasteiger partial charge is 0.269 e. The molecule has 6 nitrogen and oxygen atoms in total. The van der Waals surface area contributed by atoms with Gasteiger partial charge in [0.05, 0.1) is 4.92 Å². The first-order chi connectivity index (χ1) is 12.5. The van der Waals surface area contributed by atoms with Crippen LogP contribution in [0.4, 0.5) is 5.69 Å². The molecule has 0 saturated carbocycles. The second kappa shape index (κ2) is 7.97. The Labute approximate surface area is 157 Å². The number of nitro benzene ring substituents is 1. The topological polar surface area (TPSA) is 75.5 Å². The van der Waals surface area contributed by atoms with E-state index in [0.29, 0.717) is 24.2 Å². The van der Waals surface area contributed by atoms with Gasteiger partial charge in [0.25, 0.3) is 11.6 Å². The fraction of sp³-hybridized carbons (Fsp3) is 0.421. The lowest BCUT2D eigenvalue weighted by atomic mass is 9.96. The van der Waals surface area contributed by atoms with E-state index >= 15 is 0 Å². The molecule has 1 aliphatic heterocycles. The van der Waals surface area contributed by atoms with Crippen LogP contribution in [0.15, 0.2) is 35.7 Å². The normalized spacial score (nSPS) is 19.8. The van der Waals surface area contributed by atoms with E-state index in [9.17, 15) is 14.9 Å². The van der Waals surface area contributed by atoms with Crippen LogP contribution < -0.4 is 5.32 Å². The second-order valence-electron chi connectivity index (χ2n) is 6.69. The summed E-state index contributed by atoms with van der Waals surface area (Å²) >= 11 is 1.82. The minimum Gasteiger partial charge on any atom is -0.352 e. The van der Waals surface area contributed by atoms with Gasteiger partial charge in [-0.1, -0.05) is 0 Å². The van der Waals surface area contributed by atoms with Crippen LogP contribution in [-0.2, 0) is 6.42 Å². The van der Waals surface area contributed by atoms with Gasteiger partial charge >= 0.3 is 0 Å². The van der Waals surface area contributed by atoms with E-state index < -0.39 is 4.92 Å². The number of carbonyl (C=O) groups is 1. The molecule has 1 aromatic carbocycles. The highest BCUT2D eigenvalue weighted by Gasteiger charge is 2.29. The van der Waals surface area contributed by atoms with Crippen LogP contribution >= 0.6 is 11.3 Å². The van der Waals surface area contributed by atoms with Gasteiger partial charge in [-0.3, -0.25) is 19.8 Å². The quantitative estimate of drug-likeness (QED) is 0.475. The summed E-state index contributed by atoms with van der Waals surface area (Å²) in [5.41, 5.74) is 1.90. The Hall–Kier alpha value is -2.25. The number of hydrogen-bond acceptors (Lipinski definition) is 5. The zero-order valence-electron chi connectivity index (χ0n) is 15.0. The van der Waals surface area contributed by atoms with Crippen molar-refractivity contribution in [2.45, 2.75) is 38.8 Å². The Kier molecular flexibility index (Phi) is 5.68. The molecule has 26 heavy (non-hydrogen) atoms. The summed E-state index contributed by atoms with van der Waals surface area (Å²) in [6, 6.07) is 8.82. The summed E-state index contributed by atoms with van der Waals surface area (Å²) in [7, 11) is 0. The van der Waals surface area contributed by atoms with Gasteiger partial charge in [0.1, 0.15) is 0 Å². The van der Waals surface area contributed by atoms with Crippen LogP contribution in [0.2, 0.25) is 0 Å². The Balaban J connectivity index is 1.48. The maximum Gasteiger partial charge on any atom is 0.269 e. The Morgan fingerprint density at radius 3 is 2.73 bits per heavy atom. The molecule has 138 valence electrons. The third kappa shape index (κ3) is 3.94. The van der Waals surface area contributed by atoms with Crippen LogP contribution in [0.3, 0.4) is 0 Å². The second-order valence-corrected chi connectivity index (χ2v) is 7.64. The molecular weight excluding hydrogens is 350 g/mol.